The smallest absolute Gasteiger partial charge is 0.167 e. The minimum Gasteiger partial charge on any atom is -0.399 e. The zero-order valence-corrected chi connectivity index (χ0v) is 13.5. The highest BCUT2D eigenvalue weighted by atomic mass is 79.9. The van der Waals surface area contributed by atoms with Gasteiger partial charge in [0.15, 0.2) is 5.78 Å². The molecule has 3 heteroatoms. The van der Waals surface area contributed by atoms with Crippen LogP contribution in [0.4, 0.5) is 5.69 Å². The summed E-state index contributed by atoms with van der Waals surface area (Å²) < 4.78 is 0.832. The Morgan fingerprint density at radius 3 is 2.20 bits per heavy atom. The van der Waals surface area contributed by atoms with E-state index < -0.39 is 0 Å². The van der Waals surface area contributed by atoms with E-state index in [1.165, 1.54) is 16.7 Å². The molecule has 0 aliphatic carbocycles. The maximum Gasteiger partial charge on any atom is 0.167 e. The van der Waals surface area contributed by atoms with Crippen LogP contribution in [0.2, 0.25) is 0 Å². The van der Waals surface area contributed by atoms with Crippen molar-refractivity contribution in [1.29, 1.82) is 0 Å². The summed E-state index contributed by atoms with van der Waals surface area (Å²) in [5.74, 6) is 0.0908. The summed E-state index contributed by atoms with van der Waals surface area (Å²) in [5, 5.41) is 0. The summed E-state index contributed by atoms with van der Waals surface area (Å²) in [6, 6.07) is 9.57. The van der Waals surface area contributed by atoms with E-state index in [1.807, 2.05) is 6.07 Å². The lowest BCUT2D eigenvalue weighted by atomic mass is 9.94. The van der Waals surface area contributed by atoms with Crippen LogP contribution in [0.1, 0.15) is 32.6 Å². The topological polar surface area (TPSA) is 43.1 Å². The molecule has 20 heavy (non-hydrogen) atoms. The number of nitrogen functional groups attached to an aromatic ring is 1. The van der Waals surface area contributed by atoms with E-state index in [0.29, 0.717) is 17.7 Å². The first-order valence-electron chi connectivity index (χ1n) is 6.53. The molecule has 2 nitrogen and oxygen atoms in total. The first kappa shape index (κ1) is 14.8. The molecule has 0 amide bonds. The highest BCUT2D eigenvalue weighted by Crippen LogP contribution is 2.22. The molecule has 104 valence electrons. The lowest BCUT2D eigenvalue weighted by molar-refractivity contribution is 0.0992. The van der Waals surface area contributed by atoms with Crippen LogP contribution in [0, 0.1) is 20.8 Å². The fourth-order valence-corrected chi connectivity index (χ4v) is 3.04. The number of ketones is 1. The van der Waals surface area contributed by atoms with E-state index in [9.17, 15) is 4.79 Å². The summed E-state index contributed by atoms with van der Waals surface area (Å²) in [6.07, 6.45) is 0.411. The van der Waals surface area contributed by atoms with E-state index in [0.717, 1.165) is 10.0 Å². The van der Waals surface area contributed by atoms with Gasteiger partial charge in [0.05, 0.1) is 0 Å². The largest absolute Gasteiger partial charge is 0.399 e. The van der Waals surface area contributed by atoms with Crippen LogP contribution in [0.25, 0.3) is 0 Å². The number of Topliss-reactive ketones (excluding diaryl/α,β-unsaturated/α-hetero) is 1. The van der Waals surface area contributed by atoms with Crippen LogP contribution >= 0.6 is 15.9 Å². The molecule has 2 aromatic rings. The maximum absolute atomic E-state index is 12.4. The van der Waals surface area contributed by atoms with Gasteiger partial charge in [-0.15, -0.1) is 0 Å². The highest BCUT2D eigenvalue weighted by Gasteiger charge is 2.12. The fourth-order valence-electron chi connectivity index (χ4n) is 2.52. The number of carbonyl (C=O) groups excluding carboxylic acids is 1. The molecule has 0 heterocycles. The van der Waals surface area contributed by atoms with Crippen molar-refractivity contribution in [2.75, 3.05) is 5.73 Å². The van der Waals surface area contributed by atoms with Gasteiger partial charge in [0, 0.05) is 22.1 Å². The van der Waals surface area contributed by atoms with Gasteiger partial charge in [-0.25, -0.2) is 0 Å². The molecule has 2 aromatic carbocycles. The molecule has 0 atom stereocenters. The van der Waals surface area contributed by atoms with Crippen molar-refractivity contribution in [1.82, 2.24) is 0 Å². The molecule has 0 aliphatic heterocycles. The maximum atomic E-state index is 12.4. The monoisotopic (exact) mass is 331 g/mol. The molecule has 0 spiro atoms. The summed E-state index contributed by atoms with van der Waals surface area (Å²) in [7, 11) is 0. The molecular formula is C17H18BrNO. The van der Waals surface area contributed by atoms with Crippen molar-refractivity contribution in [2.45, 2.75) is 27.2 Å². The Balaban J connectivity index is 2.32. The second kappa shape index (κ2) is 5.80. The minimum absolute atomic E-state index is 0.0908. The molecule has 0 bridgehead atoms. The Hall–Kier alpha value is -1.61. The normalized spacial score (nSPS) is 10.6. The summed E-state index contributed by atoms with van der Waals surface area (Å²) >= 11 is 3.37. The molecule has 0 saturated carbocycles. The molecule has 0 aromatic heterocycles. The van der Waals surface area contributed by atoms with E-state index in [-0.39, 0.29) is 5.78 Å². The number of halogens is 1. The number of hydrogen-bond acceptors (Lipinski definition) is 2. The fraction of sp³-hybridized carbons (Fsp3) is 0.235. The Bertz CT molecular complexity index is 633. The van der Waals surface area contributed by atoms with Crippen LogP contribution in [-0.2, 0) is 6.42 Å². The van der Waals surface area contributed by atoms with Crippen LogP contribution in [-0.4, -0.2) is 5.78 Å². The number of benzene rings is 2. The van der Waals surface area contributed by atoms with Crippen molar-refractivity contribution in [2.24, 2.45) is 0 Å². The van der Waals surface area contributed by atoms with Crippen molar-refractivity contribution < 1.29 is 4.79 Å². The summed E-state index contributed by atoms with van der Waals surface area (Å²) in [4.78, 5) is 12.4. The Kier molecular flexibility index (Phi) is 4.29. The van der Waals surface area contributed by atoms with E-state index in [2.05, 4.69) is 48.8 Å². The first-order valence-corrected chi connectivity index (χ1v) is 7.32. The second-order valence-corrected chi connectivity index (χ2v) is 6.17. The molecular weight excluding hydrogens is 314 g/mol. The van der Waals surface area contributed by atoms with E-state index >= 15 is 0 Å². The van der Waals surface area contributed by atoms with E-state index in [4.69, 9.17) is 5.73 Å². The Morgan fingerprint density at radius 1 is 1.05 bits per heavy atom. The van der Waals surface area contributed by atoms with Gasteiger partial charge in [-0.05, 0) is 55.7 Å². The van der Waals surface area contributed by atoms with Gasteiger partial charge < -0.3 is 5.73 Å². The molecule has 0 unspecified atom stereocenters. The van der Waals surface area contributed by atoms with Crippen molar-refractivity contribution in [3.05, 3.63) is 62.6 Å². The quantitative estimate of drug-likeness (QED) is 0.669. The van der Waals surface area contributed by atoms with Gasteiger partial charge in [0.1, 0.15) is 0 Å². The van der Waals surface area contributed by atoms with Gasteiger partial charge in [0.2, 0.25) is 0 Å². The number of nitrogens with two attached hydrogens (primary N) is 1. The Labute approximate surface area is 128 Å². The third-order valence-electron chi connectivity index (χ3n) is 3.42. The number of anilines is 1. The standard InChI is InChI=1S/C17H18BrNO/c1-10-4-11(2)16(12(3)5-10)9-17(20)13-6-14(18)8-15(19)7-13/h4-8H,9,19H2,1-3H3. The van der Waals surface area contributed by atoms with Gasteiger partial charge in [-0.3, -0.25) is 4.79 Å². The lowest BCUT2D eigenvalue weighted by Crippen LogP contribution is -2.07. The number of hydrogen-bond donors (Lipinski definition) is 1. The first-order chi connectivity index (χ1) is 9.36. The predicted octanol–water partition coefficient (Wildman–Crippen LogP) is 4.38. The average Bonchev–Trinajstić information content (AvgIpc) is 2.32. The van der Waals surface area contributed by atoms with Gasteiger partial charge in [0.25, 0.3) is 0 Å². The summed E-state index contributed by atoms with van der Waals surface area (Å²) in [6.45, 7) is 6.18. The third kappa shape index (κ3) is 3.28. The van der Waals surface area contributed by atoms with E-state index in [1.54, 1.807) is 12.1 Å². The van der Waals surface area contributed by atoms with Crippen molar-refractivity contribution in [3.63, 3.8) is 0 Å². The van der Waals surface area contributed by atoms with Gasteiger partial charge in [-0.2, -0.15) is 0 Å². The molecule has 0 fully saturated rings. The molecule has 0 saturated heterocycles. The highest BCUT2D eigenvalue weighted by molar-refractivity contribution is 9.10. The van der Waals surface area contributed by atoms with Crippen LogP contribution in [0.3, 0.4) is 0 Å². The lowest BCUT2D eigenvalue weighted by Gasteiger charge is -2.11. The SMILES string of the molecule is Cc1cc(C)c(CC(=O)c2cc(N)cc(Br)c2)c(C)c1. The Morgan fingerprint density at radius 2 is 1.65 bits per heavy atom. The van der Waals surface area contributed by atoms with Crippen LogP contribution in [0.15, 0.2) is 34.8 Å². The van der Waals surface area contributed by atoms with Crippen molar-refractivity contribution >= 4 is 27.4 Å². The zero-order chi connectivity index (χ0) is 14.9. The predicted molar refractivity (Wildman–Crippen MR) is 87.2 cm³/mol. The zero-order valence-electron chi connectivity index (χ0n) is 12.0. The number of rotatable bonds is 3. The minimum atomic E-state index is 0.0908. The van der Waals surface area contributed by atoms with Crippen LogP contribution in [0.5, 0.6) is 0 Å². The van der Waals surface area contributed by atoms with Gasteiger partial charge >= 0.3 is 0 Å². The van der Waals surface area contributed by atoms with Crippen LogP contribution < -0.4 is 5.73 Å². The average molecular weight is 332 g/mol. The second-order valence-electron chi connectivity index (χ2n) is 5.25. The summed E-state index contributed by atoms with van der Waals surface area (Å²) in [5.41, 5.74) is 11.7. The van der Waals surface area contributed by atoms with Crippen molar-refractivity contribution in [3.8, 4) is 0 Å². The third-order valence-corrected chi connectivity index (χ3v) is 3.88. The number of carbonyl (C=O) groups is 1. The molecule has 0 aliphatic rings. The molecule has 2 rings (SSSR count). The molecule has 0 radical (unpaired) electrons. The molecule has 2 N–H and O–H groups in total. The van der Waals surface area contributed by atoms with Gasteiger partial charge in [-0.1, -0.05) is 33.6 Å². The number of aryl methyl sites for hydroxylation is 3.